The van der Waals surface area contributed by atoms with Gasteiger partial charge in [0, 0.05) is 6.42 Å². The Balaban J connectivity index is 2.20. The van der Waals surface area contributed by atoms with E-state index < -0.39 is 5.60 Å². The van der Waals surface area contributed by atoms with Crippen molar-refractivity contribution in [1.29, 1.82) is 0 Å². The molecule has 2 rings (SSSR count). The first-order valence-corrected chi connectivity index (χ1v) is 5.17. The molecule has 0 aromatic carbocycles. The van der Waals surface area contributed by atoms with Gasteiger partial charge in [-0.15, -0.1) is 0 Å². The third-order valence-corrected chi connectivity index (χ3v) is 3.07. The summed E-state index contributed by atoms with van der Waals surface area (Å²) >= 11 is 0. The number of allylic oxidation sites excluding steroid dienone is 1. The molecule has 1 aliphatic heterocycles. The zero-order chi connectivity index (χ0) is 11.1. The Morgan fingerprint density at radius 1 is 1.73 bits per heavy atom. The molecule has 0 N–H and O–H groups in total. The van der Waals surface area contributed by atoms with Crippen LogP contribution in [0.25, 0.3) is 0 Å². The Morgan fingerprint density at radius 3 is 3.13 bits per heavy atom. The molecule has 2 aliphatic rings. The molecule has 82 valence electrons. The van der Waals surface area contributed by atoms with E-state index in [9.17, 15) is 4.79 Å². The summed E-state index contributed by atoms with van der Waals surface area (Å²) in [6.45, 7) is 7.11. The number of oxime groups is 1. The van der Waals surface area contributed by atoms with Gasteiger partial charge in [0.25, 0.3) is 0 Å². The van der Waals surface area contributed by atoms with Crippen LogP contribution in [0.1, 0.15) is 33.1 Å². The number of nitrogens with zero attached hydrogens (tertiary/aromatic N) is 1. The summed E-state index contributed by atoms with van der Waals surface area (Å²) in [6, 6.07) is 0. The summed E-state index contributed by atoms with van der Waals surface area (Å²) in [6.07, 6.45) is 2.61. The quantitative estimate of drug-likeness (QED) is 0.516. The molecule has 0 radical (unpaired) electrons. The zero-order valence-electron chi connectivity index (χ0n) is 9.08. The van der Waals surface area contributed by atoms with E-state index in [0.717, 1.165) is 18.6 Å². The summed E-state index contributed by atoms with van der Waals surface area (Å²) in [7, 11) is 0. The Bertz CT molecular complexity index is 348. The maximum atomic E-state index is 11.9. The summed E-state index contributed by atoms with van der Waals surface area (Å²) in [5.74, 6) is 0.135. The molecule has 1 heterocycles. The molecular weight excluding hydrogens is 194 g/mol. The van der Waals surface area contributed by atoms with Crippen molar-refractivity contribution in [2.45, 2.75) is 38.7 Å². The summed E-state index contributed by atoms with van der Waals surface area (Å²) in [4.78, 5) is 17.2. The summed E-state index contributed by atoms with van der Waals surface area (Å²) in [5, 5.41) is 3.91. The number of esters is 1. The van der Waals surface area contributed by atoms with Crippen LogP contribution in [-0.4, -0.2) is 17.3 Å². The average Bonchev–Trinajstić information content (AvgIpc) is 2.67. The topological polar surface area (TPSA) is 47.9 Å². The predicted octanol–water partition coefficient (Wildman–Crippen LogP) is 2.01. The van der Waals surface area contributed by atoms with E-state index >= 15 is 0 Å². The maximum absolute atomic E-state index is 11.9. The molecule has 1 aliphatic carbocycles. The van der Waals surface area contributed by atoms with E-state index in [0.29, 0.717) is 12.2 Å². The van der Waals surface area contributed by atoms with Gasteiger partial charge in [-0.1, -0.05) is 11.7 Å². The average molecular weight is 209 g/mol. The van der Waals surface area contributed by atoms with Gasteiger partial charge < -0.3 is 9.57 Å². The minimum Gasteiger partial charge on any atom is -0.429 e. The number of fused-ring (bicyclic) bond motifs is 1. The zero-order valence-corrected chi connectivity index (χ0v) is 9.08. The van der Waals surface area contributed by atoms with Crippen molar-refractivity contribution < 1.29 is 14.4 Å². The molecule has 0 aromatic heterocycles. The van der Waals surface area contributed by atoms with Crippen molar-refractivity contribution in [1.82, 2.24) is 0 Å². The predicted molar refractivity (Wildman–Crippen MR) is 55.2 cm³/mol. The lowest BCUT2D eigenvalue weighted by atomic mass is 9.88. The summed E-state index contributed by atoms with van der Waals surface area (Å²) < 4.78 is 5.06. The lowest BCUT2D eigenvalue weighted by Gasteiger charge is -2.24. The minimum atomic E-state index is -0.858. The molecule has 0 amide bonds. The molecule has 4 nitrogen and oxygen atoms in total. The van der Waals surface area contributed by atoms with E-state index in [1.54, 1.807) is 6.92 Å². The van der Waals surface area contributed by atoms with Crippen molar-refractivity contribution >= 4 is 11.7 Å². The van der Waals surface area contributed by atoms with Crippen molar-refractivity contribution in [2.75, 3.05) is 0 Å². The van der Waals surface area contributed by atoms with Gasteiger partial charge in [-0.05, 0) is 26.7 Å². The van der Waals surface area contributed by atoms with Crippen LogP contribution in [0, 0.1) is 5.92 Å². The SMILES string of the molecule is C=C(C)OC(=O)C12CCCC1C(C)=NO2. The number of carbonyl (C=O) groups excluding carboxylic acids is 1. The van der Waals surface area contributed by atoms with Gasteiger partial charge in [-0.25, -0.2) is 4.79 Å². The first-order valence-electron chi connectivity index (χ1n) is 5.17. The van der Waals surface area contributed by atoms with Crippen LogP contribution >= 0.6 is 0 Å². The molecule has 0 bridgehead atoms. The third-order valence-electron chi connectivity index (χ3n) is 3.07. The highest BCUT2D eigenvalue weighted by atomic mass is 16.7. The first-order chi connectivity index (χ1) is 7.06. The maximum Gasteiger partial charge on any atom is 0.359 e. The van der Waals surface area contributed by atoms with Gasteiger partial charge >= 0.3 is 5.97 Å². The number of hydrogen-bond donors (Lipinski definition) is 0. The second kappa shape index (κ2) is 3.36. The number of rotatable bonds is 2. The first kappa shape index (κ1) is 10.2. The van der Waals surface area contributed by atoms with Crippen LogP contribution in [-0.2, 0) is 14.4 Å². The van der Waals surface area contributed by atoms with Crippen molar-refractivity contribution in [2.24, 2.45) is 11.1 Å². The fourth-order valence-corrected chi connectivity index (χ4v) is 2.38. The molecular formula is C11H15NO3. The van der Waals surface area contributed by atoms with Crippen LogP contribution < -0.4 is 0 Å². The normalized spacial score (nSPS) is 32.9. The van der Waals surface area contributed by atoms with Gasteiger partial charge in [-0.3, -0.25) is 0 Å². The smallest absolute Gasteiger partial charge is 0.359 e. The highest BCUT2D eigenvalue weighted by Crippen LogP contribution is 2.44. The van der Waals surface area contributed by atoms with Gasteiger partial charge in [0.2, 0.25) is 5.60 Å². The Labute approximate surface area is 88.9 Å². The van der Waals surface area contributed by atoms with Crippen LogP contribution in [0.15, 0.2) is 17.5 Å². The van der Waals surface area contributed by atoms with E-state index in [4.69, 9.17) is 9.57 Å². The lowest BCUT2D eigenvalue weighted by molar-refractivity contribution is -0.167. The second-order valence-corrected chi connectivity index (χ2v) is 4.25. The highest BCUT2D eigenvalue weighted by molar-refractivity contribution is 5.95. The molecule has 0 saturated heterocycles. The van der Waals surface area contributed by atoms with Crippen molar-refractivity contribution in [3.05, 3.63) is 12.3 Å². The molecule has 1 fully saturated rings. The van der Waals surface area contributed by atoms with Crippen LogP contribution in [0.3, 0.4) is 0 Å². The third kappa shape index (κ3) is 1.44. The number of carbonyl (C=O) groups is 1. The molecule has 1 saturated carbocycles. The summed E-state index contributed by atoms with van der Waals surface area (Å²) in [5.41, 5.74) is 0.0365. The van der Waals surface area contributed by atoms with Gasteiger partial charge in [0.1, 0.15) is 0 Å². The monoisotopic (exact) mass is 209 g/mol. The van der Waals surface area contributed by atoms with Crippen LogP contribution in [0.5, 0.6) is 0 Å². The largest absolute Gasteiger partial charge is 0.429 e. The highest BCUT2D eigenvalue weighted by Gasteiger charge is 2.57. The minimum absolute atomic E-state index is 0.0874. The number of ether oxygens (including phenoxy) is 1. The number of hydrogen-bond acceptors (Lipinski definition) is 4. The second-order valence-electron chi connectivity index (χ2n) is 4.25. The van der Waals surface area contributed by atoms with Gasteiger partial charge in [0.05, 0.1) is 17.4 Å². The Morgan fingerprint density at radius 2 is 2.47 bits per heavy atom. The van der Waals surface area contributed by atoms with E-state index in [-0.39, 0.29) is 11.9 Å². The Kier molecular flexibility index (Phi) is 2.29. The van der Waals surface area contributed by atoms with E-state index in [1.165, 1.54) is 0 Å². The van der Waals surface area contributed by atoms with E-state index in [1.807, 2.05) is 6.92 Å². The lowest BCUT2D eigenvalue weighted by Crippen LogP contribution is -2.43. The fourth-order valence-electron chi connectivity index (χ4n) is 2.38. The van der Waals surface area contributed by atoms with Crippen molar-refractivity contribution in [3.8, 4) is 0 Å². The molecule has 0 aromatic rings. The van der Waals surface area contributed by atoms with Gasteiger partial charge in [0.15, 0.2) is 0 Å². The van der Waals surface area contributed by atoms with E-state index in [2.05, 4.69) is 11.7 Å². The fraction of sp³-hybridized carbons (Fsp3) is 0.636. The Hall–Kier alpha value is -1.32. The standard InChI is InChI=1S/C11H15NO3/c1-7(2)14-10(13)11-6-4-5-9(11)8(3)12-15-11/h9H,1,4-6H2,2-3H3. The molecule has 2 unspecified atom stereocenters. The molecule has 4 heteroatoms. The molecule has 0 spiro atoms. The molecule has 2 atom stereocenters. The molecule has 15 heavy (non-hydrogen) atoms. The van der Waals surface area contributed by atoms with Crippen LogP contribution in [0.4, 0.5) is 0 Å². The van der Waals surface area contributed by atoms with Crippen LogP contribution in [0.2, 0.25) is 0 Å². The van der Waals surface area contributed by atoms with Gasteiger partial charge in [-0.2, -0.15) is 0 Å². The van der Waals surface area contributed by atoms with Crippen molar-refractivity contribution in [3.63, 3.8) is 0 Å².